The molecular weight excluding hydrogens is 877 g/mol. The number of hydrogen-bond donors (Lipinski definition) is 0. The summed E-state index contributed by atoms with van der Waals surface area (Å²) in [6.07, 6.45) is 75.0. The number of rotatable bonds is 56. The van der Waals surface area contributed by atoms with Crippen LogP contribution < -0.4 is 0 Å². The summed E-state index contributed by atoms with van der Waals surface area (Å²) in [5, 5.41) is 0. The standard InChI is InChI=1S/C65H116O6/c1-4-7-10-13-16-19-22-25-28-31-32-35-37-40-43-46-49-52-55-58-64(67)70-61-62(71-65(68)59-56-53-50-47-44-41-38-34-30-27-24-21-18-15-12-9-6-3)60-69-63(66)57-54-51-48-45-42-39-36-33-29-26-23-20-17-14-11-8-5-2/h7,10,16,18-19,21,25,27-28,30,62H,4-6,8-9,11-15,17,20,22-24,26,29,31-61H2,1-3H3/b10-7-,19-16-,21-18-,28-25-,30-27-. The van der Waals surface area contributed by atoms with Crippen LogP contribution in [0.3, 0.4) is 0 Å². The third-order valence-electron chi connectivity index (χ3n) is 13.5. The molecule has 0 N–H and O–H groups in total. The molecule has 0 bridgehead atoms. The van der Waals surface area contributed by atoms with Crippen molar-refractivity contribution in [1.29, 1.82) is 0 Å². The third kappa shape index (κ3) is 57.9. The number of carbonyl (C=O) groups excluding carboxylic acids is 3. The highest BCUT2D eigenvalue weighted by molar-refractivity contribution is 5.71. The van der Waals surface area contributed by atoms with Gasteiger partial charge in [-0.25, -0.2) is 0 Å². The average molecular weight is 994 g/mol. The minimum atomic E-state index is -0.780. The first-order valence-electron chi connectivity index (χ1n) is 30.8. The predicted molar refractivity (Wildman–Crippen MR) is 307 cm³/mol. The lowest BCUT2D eigenvalue weighted by Gasteiger charge is -2.18. The number of allylic oxidation sites excluding steroid dienone is 10. The molecule has 0 fully saturated rings. The number of unbranched alkanes of at least 4 members (excludes halogenated alkanes) is 35. The van der Waals surface area contributed by atoms with Gasteiger partial charge in [-0.1, -0.05) is 274 Å². The van der Waals surface area contributed by atoms with Crippen LogP contribution >= 0.6 is 0 Å². The van der Waals surface area contributed by atoms with Gasteiger partial charge in [0.2, 0.25) is 0 Å². The molecule has 1 unspecified atom stereocenters. The fraction of sp³-hybridized carbons (Fsp3) is 0.800. The molecule has 1 atom stereocenters. The van der Waals surface area contributed by atoms with Gasteiger partial charge < -0.3 is 14.2 Å². The zero-order valence-electron chi connectivity index (χ0n) is 47.2. The lowest BCUT2D eigenvalue weighted by molar-refractivity contribution is -0.167. The smallest absolute Gasteiger partial charge is 0.306 e. The summed E-state index contributed by atoms with van der Waals surface area (Å²) in [6, 6.07) is 0. The maximum absolute atomic E-state index is 12.9. The van der Waals surface area contributed by atoms with Crippen molar-refractivity contribution in [3.63, 3.8) is 0 Å². The van der Waals surface area contributed by atoms with Crippen LogP contribution in [0.1, 0.15) is 316 Å². The van der Waals surface area contributed by atoms with Gasteiger partial charge in [-0.3, -0.25) is 14.4 Å². The lowest BCUT2D eigenvalue weighted by Crippen LogP contribution is -2.30. The zero-order valence-corrected chi connectivity index (χ0v) is 47.2. The molecule has 0 aromatic heterocycles. The Morgan fingerprint density at radius 1 is 0.296 bits per heavy atom. The van der Waals surface area contributed by atoms with Gasteiger partial charge in [0, 0.05) is 19.3 Å². The second kappa shape index (κ2) is 59.7. The van der Waals surface area contributed by atoms with E-state index in [2.05, 4.69) is 81.5 Å². The van der Waals surface area contributed by atoms with Crippen LogP contribution in [0.5, 0.6) is 0 Å². The van der Waals surface area contributed by atoms with E-state index in [9.17, 15) is 14.4 Å². The highest BCUT2D eigenvalue weighted by atomic mass is 16.6. The molecule has 0 amide bonds. The Morgan fingerprint density at radius 2 is 0.549 bits per heavy atom. The number of hydrogen-bond acceptors (Lipinski definition) is 6. The molecule has 0 aromatic rings. The summed E-state index contributed by atoms with van der Waals surface area (Å²) < 4.78 is 16.9. The van der Waals surface area contributed by atoms with Crippen molar-refractivity contribution < 1.29 is 28.6 Å². The predicted octanol–water partition coefficient (Wildman–Crippen LogP) is 20.8. The van der Waals surface area contributed by atoms with Crippen molar-refractivity contribution in [1.82, 2.24) is 0 Å². The Labute approximate surface area is 440 Å². The SMILES string of the molecule is CC/C=C\C/C=C\C/C=C\CCCCCCCCCCCC(=O)OCC(COC(=O)CCCCCCCCCCCCCCCCCCC)OC(=O)CCCCCCCCC/C=C\C/C=C\CCCCC. The fourth-order valence-corrected chi connectivity index (χ4v) is 8.90. The zero-order chi connectivity index (χ0) is 51.4. The minimum absolute atomic E-state index is 0.0759. The topological polar surface area (TPSA) is 78.9 Å². The van der Waals surface area contributed by atoms with E-state index in [4.69, 9.17) is 14.2 Å². The van der Waals surface area contributed by atoms with Crippen LogP contribution in [-0.4, -0.2) is 37.2 Å². The summed E-state index contributed by atoms with van der Waals surface area (Å²) in [6.45, 7) is 6.54. The molecular formula is C65H116O6. The van der Waals surface area contributed by atoms with E-state index in [1.165, 1.54) is 186 Å². The van der Waals surface area contributed by atoms with Crippen molar-refractivity contribution in [3.05, 3.63) is 60.8 Å². The molecule has 0 radical (unpaired) electrons. The van der Waals surface area contributed by atoms with Crippen molar-refractivity contribution in [3.8, 4) is 0 Å². The number of esters is 3. The first-order valence-corrected chi connectivity index (χ1v) is 30.8. The Balaban J connectivity index is 4.36. The van der Waals surface area contributed by atoms with Gasteiger partial charge >= 0.3 is 17.9 Å². The van der Waals surface area contributed by atoms with Crippen molar-refractivity contribution in [2.45, 2.75) is 322 Å². The molecule has 0 aromatic carbocycles. The molecule has 0 rings (SSSR count). The fourth-order valence-electron chi connectivity index (χ4n) is 8.90. The van der Waals surface area contributed by atoms with E-state index in [0.29, 0.717) is 19.3 Å². The van der Waals surface area contributed by atoms with Crippen molar-refractivity contribution in [2.24, 2.45) is 0 Å². The van der Waals surface area contributed by atoms with Crippen LogP contribution in [-0.2, 0) is 28.6 Å². The highest BCUT2D eigenvalue weighted by Crippen LogP contribution is 2.17. The van der Waals surface area contributed by atoms with Crippen LogP contribution in [0, 0.1) is 0 Å². The minimum Gasteiger partial charge on any atom is -0.462 e. The summed E-state index contributed by atoms with van der Waals surface area (Å²) >= 11 is 0. The normalized spacial score (nSPS) is 12.4. The first-order chi connectivity index (χ1) is 35.0. The van der Waals surface area contributed by atoms with Gasteiger partial charge in [0.05, 0.1) is 0 Å². The molecule has 412 valence electrons. The molecule has 0 heterocycles. The molecule has 6 nitrogen and oxygen atoms in total. The Kier molecular flexibility index (Phi) is 57.2. The Hall–Kier alpha value is -2.89. The van der Waals surface area contributed by atoms with Gasteiger partial charge in [0.25, 0.3) is 0 Å². The molecule has 0 saturated carbocycles. The van der Waals surface area contributed by atoms with Crippen LogP contribution in [0.25, 0.3) is 0 Å². The number of carbonyl (C=O) groups is 3. The summed E-state index contributed by atoms with van der Waals surface area (Å²) in [7, 11) is 0. The molecule has 6 heteroatoms. The first kappa shape index (κ1) is 68.1. The van der Waals surface area contributed by atoms with Crippen molar-refractivity contribution >= 4 is 17.9 Å². The second-order valence-corrected chi connectivity index (χ2v) is 20.6. The summed E-state index contributed by atoms with van der Waals surface area (Å²) in [5.74, 6) is -0.872. The van der Waals surface area contributed by atoms with Crippen molar-refractivity contribution in [2.75, 3.05) is 13.2 Å². The quantitative estimate of drug-likeness (QED) is 0.0261. The van der Waals surface area contributed by atoms with Gasteiger partial charge in [-0.15, -0.1) is 0 Å². The van der Waals surface area contributed by atoms with E-state index in [0.717, 1.165) is 89.9 Å². The van der Waals surface area contributed by atoms with E-state index in [1.807, 2.05) is 0 Å². The highest BCUT2D eigenvalue weighted by Gasteiger charge is 2.19. The molecule has 0 spiro atoms. The summed E-state index contributed by atoms with van der Waals surface area (Å²) in [4.78, 5) is 38.3. The van der Waals surface area contributed by atoms with E-state index in [-0.39, 0.29) is 31.1 Å². The van der Waals surface area contributed by atoms with E-state index < -0.39 is 6.10 Å². The van der Waals surface area contributed by atoms with Crippen LogP contribution in [0.2, 0.25) is 0 Å². The molecule has 0 aliphatic carbocycles. The van der Waals surface area contributed by atoms with Gasteiger partial charge in [0.15, 0.2) is 6.10 Å². The molecule has 0 aliphatic heterocycles. The van der Waals surface area contributed by atoms with Crippen LogP contribution in [0.4, 0.5) is 0 Å². The Bertz CT molecular complexity index is 1280. The molecule has 0 aliphatic rings. The third-order valence-corrected chi connectivity index (χ3v) is 13.5. The maximum Gasteiger partial charge on any atom is 0.306 e. The molecule has 71 heavy (non-hydrogen) atoms. The average Bonchev–Trinajstić information content (AvgIpc) is 3.37. The lowest BCUT2D eigenvalue weighted by atomic mass is 10.0. The Morgan fingerprint density at radius 3 is 0.887 bits per heavy atom. The maximum atomic E-state index is 12.9. The largest absolute Gasteiger partial charge is 0.462 e. The van der Waals surface area contributed by atoms with Gasteiger partial charge in [-0.05, 0) is 83.5 Å². The number of ether oxygens (including phenoxy) is 3. The van der Waals surface area contributed by atoms with E-state index in [1.54, 1.807) is 0 Å². The summed E-state index contributed by atoms with van der Waals surface area (Å²) in [5.41, 5.74) is 0. The van der Waals surface area contributed by atoms with Crippen LogP contribution in [0.15, 0.2) is 60.8 Å². The van der Waals surface area contributed by atoms with E-state index >= 15 is 0 Å². The van der Waals surface area contributed by atoms with Gasteiger partial charge in [-0.2, -0.15) is 0 Å². The van der Waals surface area contributed by atoms with Gasteiger partial charge in [0.1, 0.15) is 13.2 Å². The second-order valence-electron chi connectivity index (χ2n) is 20.6. The molecule has 0 saturated heterocycles. The monoisotopic (exact) mass is 993 g/mol.